The van der Waals surface area contributed by atoms with Gasteiger partial charge in [0.15, 0.2) is 0 Å². The first kappa shape index (κ1) is 25.5. The van der Waals surface area contributed by atoms with E-state index in [0.29, 0.717) is 19.6 Å². The average Bonchev–Trinajstić information content (AvgIpc) is 3.24. The summed E-state index contributed by atoms with van der Waals surface area (Å²) in [6.45, 7) is 5.79. The lowest BCUT2D eigenvalue weighted by Gasteiger charge is -2.31. The van der Waals surface area contributed by atoms with E-state index in [4.69, 9.17) is 4.98 Å². The Morgan fingerprint density at radius 2 is 1.69 bits per heavy atom. The zero-order valence-corrected chi connectivity index (χ0v) is 21.5. The third-order valence-electron chi connectivity index (χ3n) is 6.62. The Kier molecular flexibility index (Phi) is 7.79. The quantitative estimate of drug-likeness (QED) is 0.332. The standard InChI is InChI=1S/C29H29FN4O.H2S/c1-3-25(21-7-5-4-6-8-21)29(35)33-17-18-34-26(19-33)32-27(22-11-13-23(30)14-12-22)28(34)31-24-15-9-20(2)10-16-24;/h4-16,25,31H,3,17-19H2,1-2H3;1H2/t25-;/m0./s1. The first-order valence-electron chi connectivity index (χ1n) is 12.1. The van der Waals surface area contributed by atoms with Gasteiger partial charge in [0, 0.05) is 24.3 Å². The highest BCUT2D eigenvalue weighted by molar-refractivity contribution is 7.59. The van der Waals surface area contributed by atoms with Gasteiger partial charge in [0.25, 0.3) is 0 Å². The summed E-state index contributed by atoms with van der Waals surface area (Å²) in [6, 6.07) is 24.5. The third kappa shape index (κ3) is 5.16. The molecule has 1 aliphatic rings. The van der Waals surface area contributed by atoms with Crippen molar-refractivity contribution >= 4 is 30.9 Å². The maximum Gasteiger partial charge on any atom is 0.230 e. The van der Waals surface area contributed by atoms with Crippen LogP contribution < -0.4 is 5.32 Å². The van der Waals surface area contributed by atoms with Gasteiger partial charge < -0.3 is 14.8 Å². The number of aryl methyl sites for hydroxylation is 1. The van der Waals surface area contributed by atoms with Crippen LogP contribution >= 0.6 is 13.5 Å². The first-order chi connectivity index (χ1) is 17.0. The fourth-order valence-electron chi connectivity index (χ4n) is 4.69. The van der Waals surface area contributed by atoms with Crippen molar-refractivity contribution < 1.29 is 9.18 Å². The molecule has 0 saturated carbocycles. The maximum atomic E-state index is 13.6. The Labute approximate surface area is 218 Å². The summed E-state index contributed by atoms with van der Waals surface area (Å²) in [4.78, 5) is 20.3. The molecule has 0 radical (unpaired) electrons. The lowest BCUT2D eigenvalue weighted by molar-refractivity contribution is -0.134. The molecule has 1 aliphatic heterocycles. The van der Waals surface area contributed by atoms with Crippen molar-refractivity contribution in [1.29, 1.82) is 0 Å². The molecule has 0 fully saturated rings. The molecule has 0 unspecified atom stereocenters. The van der Waals surface area contributed by atoms with E-state index in [1.54, 1.807) is 12.1 Å². The maximum absolute atomic E-state index is 13.6. The molecule has 0 aliphatic carbocycles. The van der Waals surface area contributed by atoms with Crippen LogP contribution in [0.15, 0.2) is 78.9 Å². The van der Waals surface area contributed by atoms with Crippen molar-refractivity contribution in [1.82, 2.24) is 14.5 Å². The number of carbonyl (C=O) groups is 1. The van der Waals surface area contributed by atoms with Crippen LogP contribution in [-0.4, -0.2) is 26.9 Å². The second kappa shape index (κ2) is 11.0. The topological polar surface area (TPSA) is 50.2 Å². The lowest BCUT2D eigenvalue weighted by atomic mass is 9.95. The van der Waals surface area contributed by atoms with Crippen molar-refractivity contribution in [2.24, 2.45) is 0 Å². The molecule has 2 heterocycles. The van der Waals surface area contributed by atoms with E-state index in [1.807, 2.05) is 47.4 Å². The molecule has 7 heteroatoms. The number of imidazole rings is 1. The number of nitrogens with zero attached hydrogens (tertiary/aromatic N) is 3. The van der Waals surface area contributed by atoms with Crippen LogP contribution in [0.2, 0.25) is 0 Å². The number of benzene rings is 3. The Bertz CT molecular complexity index is 1320. The van der Waals surface area contributed by atoms with Crippen molar-refractivity contribution in [2.45, 2.75) is 39.3 Å². The summed E-state index contributed by atoms with van der Waals surface area (Å²) < 4.78 is 15.8. The molecule has 1 aromatic heterocycles. The van der Waals surface area contributed by atoms with E-state index in [1.165, 1.54) is 17.7 Å². The van der Waals surface area contributed by atoms with E-state index in [2.05, 4.69) is 35.9 Å². The molecule has 1 N–H and O–H groups in total. The SMILES string of the molecule is CC[C@H](C(=O)N1CCn2c(nc(-c3ccc(F)cc3)c2Nc2ccc(C)cc2)C1)c1ccccc1.S. The highest BCUT2D eigenvalue weighted by atomic mass is 32.1. The molecule has 5 nitrogen and oxygen atoms in total. The van der Waals surface area contributed by atoms with Crippen LogP contribution in [0.5, 0.6) is 0 Å². The Morgan fingerprint density at radius 3 is 2.36 bits per heavy atom. The number of rotatable bonds is 6. The number of hydrogen-bond donors (Lipinski definition) is 1. The first-order valence-corrected chi connectivity index (χ1v) is 12.1. The van der Waals surface area contributed by atoms with Gasteiger partial charge in [-0.1, -0.05) is 55.0 Å². The second-order valence-corrected chi connectivity index (χ2v) is 9.01. The second-order valence-electron chi connectivity index (χ2n) is 9.01. The fraction of sp³-hybridized carbons (Fsp3) is 0.241. The van der Waals surface area contributed by atoms with Gasteiger partial charge in [0.1, 0.15) is 23.2 Å². The van der Waals surface area contributed by atoms with E-state index in [0.717, 1.165) is 40.6 Å². The number of carbonyl (C=O) groups excluding carboxylic acids is 1. The van der Waals surface area contributed by atoms with E-state index in [9.17, 15) is 9.18 Å². The molecule has 1 atom stereocenters. The van der Waals surface area contributed by atoms with E-state index < -0.39 is 0 Å². The number of anilines is 2. The van der Waals surface area contributed by atoms with Gasteiger partial charge in [-0.05, 0) is 55.3 Å². The molecule has 36 heavy (non-hydrogen) atoms. The van der Waals surface area contributed by atoms with Crippen LogP contribution in [-0.2, 0) is 17.9 Å². The number of halogens is 1. The van der Waals surface area contributed by atoms with Gasteiger partial charge in [0.05, 0.1) is 12.5 Å². The lowest BCUT2D eigenvalue weighted by Crippen LogP contribution is -2.41. The molecule has 1 amide bonds. The van der Waals surface area contributed by atoms with E-state index in [-0.39, 0.29) is 31.1 Å². The monoisotopic (exact) mass is 502 g/mol. The molecular weight excluding hydrogens is 471 g/mol. The molecule has 0 bridgehead atoms. The minimum Gasteiger partial charge on any atom is -0.340 e. The predicted octanol–water partition coefficient (Wildman–Crippen LogP) is 6.39. The van der Waals surface area contributed by atoms with Crippen LogP contribution in [0.1, 0.15) is 36.2 Å². The fourth-order valence-corrected chi connectivity index (χ4v) is 4.69. The van der Waals surface area contributed by atoms with Gasteiger partial charge in [-0.3, -0.25) is 4.79 Å². The molecule has 3 aromatic carbocycles. The van der Waals surface area contributed by atoms with Crippen LogP contribution in [0, 0.1) is 12.7 Å². The molecular formula is C29H31FN4OS. The Hall–Kier alpha value is -3.58. The van der Waals surface area contributed by atoms with Crippen molar-refractivity contribution in [3.8, 4) is 11.3 Å². The van der Waals surface area contributed by atoms with Crippen molar-refractivity contribution in [3.05, 3.63) is 102 Å². The molecule has 0 spiro atoms. The highest BCUT2D eigenvalue weighted by Gasteiger charge is 2.30. The summed E-state index contributed by atoms with van der Waals surface area (Å²) in [5.74, 6) is 1.36. The number of aromatic nitrogens is 2. The predicted molar refractivity (Wildman–Crippen MR) is 147 cm³/mol. The molecule has 4 aromatic rings. The van der Waals surface area contributed by atoms with Crippen molar-refractivity contribution in [2.75, 3.05) is 11.9 Å². The number of nitrogens with one attached hydrogen (secondary N) is 1. The average molecular weight is 503 g/mol. The Morgan fingerprint density at radius 1 is 1.00 bits per heavy atom. The van der Waals surface area contributed by atoms with Gasteiger partial charge >= 0.3 is 0 Å². The van der Waals surface area contributed by atoms with Gasteiger partial charge in [0.2, 0.25) is 5.91 Å². The van der Waals surface area contributed by atoms with Gasteiger partial charge in [-0.15, -0.1) is 0 Å². The highest BCUT2D eigenvalue weighted by Crippen LogP contribution is 2.34. The number of hydrogen-bond acceptors (Lipinski definition) is 3. The zero-order chi connectivity index (χ0) is 24.4. The van der Waals surface area contributed by atoms with Gasteiger partial charge in [-0.25, -0.2) is 9.37 Å². The van der Waals surface area contributed by atoms with Gasteiger partial charge in [-0.2, -0.15) is 13.5 Å². The van der Waals surface area contributed by atoms with Crippen LogP contribution in [0.4, 0.5) is 15.9 Å². The number of fused-ring (bicyclic) bond motifs is 1. The summed E-state index contributed by atoms with van der Waals surface area (Å²) in [7, 11) is 0. The van der Waals surface area contributed by atoms with Crippen LogP contribution in [0.3, 0.4) is 0 Å². The summed E-state index contributed by atoms with van der Waals surface area (Å²) in [5.41, 5.74) is 4.77. The minimum absolute atomic E-state index is 0. The van der Waals surface area contributed by atoms with Crippen molar-refractivity contribution in [3.63, 3.8) is 0 Å². The van der Waals surface area contributed by atoms with E-state index >= 15 is 0 Å². The number of amides is 1. The summed E-state index contributed by atoms with van der Waals surface area (Å²) in [5, 5.41) is 3.53. The largest absolute Gasteiger partial charge is 0.340 e. The molecule has 186 valence electrons. The third-order valence-corrected chi connectivity index (χ3v) is 6.62. The summed E-state index contributed by atoms with van der Waals surface area (Å²) in [6.07, 6.45) is 0.745. The molecule has 0 saturated heterocycles. The molecule has 5 rings (SSSR count). The smallest absolute Gasteiger partial charge is 0.230 e. The minimum atomic E-state index is -0.283. The normalized spacial score (nSPS) is 13.5. The van der Waals surface area contributed by atoms with Crippen LogP contribution in [0.25, 0.3) is 11.3 Å². The summed E-state index contributed by atoms with van der Waals surface area (Å²) >= 11 is 0. The Balaban J connectivity index is 0.00000304. The zero-order valence-electron chi connectivity index (χ0n) is 20.5.